The number of nitriles is 1. The van der Waals surface area contributed by atoms with E-state index in [9.17, 15) is 9.59 Å². The lowest BCUT2D eigenvalue weighted by molar-refractivity contribution is -0.144. The first-order valence-electron chi connectivity index (χ1n) is 7.29. The zero-order chi connectivity index (χ0) is 17.2. The van der Waals surface area contributed by atoms with Gasteiger partial charge < -0.3 is 4.74 Å². The van der Waals surface area contributed by atoms with Gasteiger partial charge in [-0.25, -0.2) is 9.67 Å². The Kier molecular flexibility index (Phi) is 4.50. The Labute approximate surface area is 133 Å². The Bertz CT molecular complexity index is 836. The van der Waals surface area contributed by atoms with E-state index in [1.807, 2.05) is 26.8 Å². The van der Waals surface area contributed by atoms with Gasteiger partial charge in [0.1, 0.15) is 18.0 Å². The molecule has 0 unspecified atom stereocenters. The van der Waals surface area contributed by atoms with Crippen molar-refractivity contribution in [3.63, 3.8) is 0 Å². The molecule has 2 rings (SSSR count). The summed E-state index contributed by atoms with van der Waals surface area (Å²) in [6.45, 7) is 8.20. The highest BCUT2D eigenvalue weighted by Gasteiger charge is 2.22. The summed E-state index contributed by atoms with van der Waals surface area (Å²) < 4.78 is 7.84. The maximum absolute atomic E-state index is 12.5. The second kappa shape index (κ2) is 6.20. The van der Waals surface area contributed by atoms with Crippen LogP contribution in [0.5, 0.6) is 0 Å². The fourth-order valence-corrected chi connectivity index (χ4v) is 2.23. The highest BCUT2D eigenvalue weighted by molar-refractivity contribution is 5.75. The van der Waals surface area contributed by atoms with E-state index >= 15 is 0 Å². The lowest BCUT2D eigenvalue weighted by Gasteiger charge is -2.21. The molecule has 8 heteroatoms. The normalized spacial score (nSPS) is 11.4. The molecule has 0 radical (unpaired) electrons. The molecule has 0 fully saturated rings. The van der Waals surface area contributed by atoms with Gasteiger partial charge in [-0.15, -0.1) is 0 Å². The van der Waals surface area contributed by atoms with Crippen LogP contribution in [0.4, 0.5) is 0 Å². The van der Waals surface area contributed by atoms with Crippen LogP contribution in [-0.4, -0.2) is 31.9 Å². The van der Waals surface area contributed by atoms with Crippen molar-refractivity contribution in [3.8, 4) is 6.07 Å². The van der Waals surface area contributed by atoms with Crippen LogP contribution >= 0.6 is 0 Å². The fourth-order valence-electron chi connectivity index (χ4n) is 2.23. The number of carbonyl (C=O) groups excluding carboxylic acids is 1. The van der Waals surface area contributed by atoms with Crippen LogP contribution in [0.1, 0.15) is 33.5 Å². The van der Waals surface area contributed by atoms with Gasteiger partial charge in [-0.1, -0.05) is 20.8 Å². The average Bonchev–Trinajstić information content (AvgIpc) is 2.71. The van der Waals surface area contributed by atoms with E-state index in [1.165, 1.54) is 10.9 Å². The van der Waals surface area contributed by atoms with Gasteiger partial charge in [-0.05, 0) is 12.3 Å². The van der Waals surface area contributed by atoms with Crippen molar-refractivity contribution >= 4 is 17.0 Å². The SMILES string of the molecule is CCOC(=O)Cn1c(=O)c2cnc(C#N)nc2n1CC(C)(C)C. The van der Waals surface area contributed by atoms with Gasteiger partial charge >= 0.3 is 5.97 Å². The van der Waals surface area contributed by atoms with Crippen LogP contribution in [0.3, 0.4) is 0 Å². The zero-order valence-corrected chi connectivity index (χ0v) is 13.7. The third-order valence-corrected chi connectivity index (χ3v) is 3.08. The van der Waals surface area contributed by atoms with Crippen molar-refractivity contribution in [2.24, 2.45) is 5.41 Å². The van der Waals surface area contributed by atoms with Gasteiger partial charge in [0, 0.05) is 12.7 Å². The largest absolute Gasteiger partial charge is 0.465 e. The monoisotopic (exact) mass is 317 g/mol. The lowest BCUT2D eigenvalue weighted by Crippen LogP contribution is -2.31. The zero-order valence-electron chi connectivity index (χ0n) is 13.7. The molecule has 2 aromatic rings. The first kappa shape index (κ1) is 16.7. The van der Waals surface area contributed by atoms with Crippen molar-refractivity contribution in [1.82, 2.24) is 19.3 Å². The van der Waals surface area contributed by atoms with Crippen molar-refractivity contribution in [2.75, 3.05) is 6.61 Å². The van der Waals surface area contributed by atoms with E-state index < -0.39 is 5.97 Å². The number of aromatic nitrogens is 4. The first-order chi connectivity index (χ1) is 10.8. The summed E-state index contributed by atoms with van der Waals surface area (Å²) in [5.41, 5.74) is -0.186. The van der Waals surface area contributed by atoms with Crippen molar-refractivity contribution in [2.45, 2.75) is 40.8 Å². The summed E-state index contributed by atoms with van der Waals surface area (Å²) >= 11 is 0. The number of hydrogen-bond acceptors (Lipinski definition) is 6. The molecule has 0 aliphatic heterocycles. The maximum Gasteiger partial charge on any atom is 0.327 e. The molecule has 0 aliphatic carbocycles. The highest BCUT2D eigenvalue weighted by Crippen LogP contribution is 2.19. The molecule has 0 saturated heterocycles. The standard InChI is InChI=1S/C15H19N5O3/c1-5-23-12(21)8-19-14(22)10-7-17-11(6-16)18-13(10)20(19)9-15(2,3)4/h7H,5,8-9H2,1-4H3. The van der Waals surface area contributed by atoms with Crippen LogP contribution in [-0.2, 0) is 22.6 Å². The lowest BCUT2D eigenvalue weighted by atomic mass is 9.97. The van der Waals surface area contributed by atoms with Crippen LogP contribution in [0.2, 0.25) is 0 Å². The smallest absolute Gasteiger partial charge is 0.327 e. The number of ether oxygens (including phenoxy) is 1. The van der Waals surface area contributed by atoms with E-state index in [1.54, 1.807) is 11.6 Å². The van der Waals surface area contributed by atoms with Crippen LogP contribution in [0.25, 0.3) is 11.0 Å². The van der Waals surface area contributed by atoms with Gasteiger partial charge in [-0.3, -0.25) is 14.3 Å². The van der Waals surface area contributed by atoms with Crippen LogP contribution in [0.15, 0.2) is 11.0 Å². The summed E-state index contributed by atoms with van der Waals surface area (Å²) in [5, 5.41) is 9.24. The molecular formula is C15H19N5O3. The first-order valence-corrected chi connectivity index (χ1v) is 7.29. The van der Waals surface area contributed by atoms with E-state index in [4.69, 9.17) is 10.00 Å². The van der Waals surface area contributed by atoms with Crippen LogP contribution in [0, 0.1) is 16.7 Å². The molecule has 0 spiro atoms. The molecule has 2 aromatic heterocycles. The molecule has 0 amide bonds. The highest BCUT2D eigenvalue weighted by atomic mass is 16.5. The third-order valence-electron chi connectivity index (χ3n) is 3.08. The predicted molar refractivity (Wildman–Crippen MR) is 82.6 cm³/mol. The topological polar surface area (TPSA) is 103 Å². The third kappa shape index (κ3) is 3.56. The second-order valence-electron chi connectivity index (χ2n) is 6.33. The molecular weight excluding hydrogens is 298 g/mol. The van der Waals surface area contributed by atoms with Gasteiger partial charge in [0.15, 0.2) is 5.65 Å². The van der Waals surface area contributed by atoms with Gasteiger partial charge in [0.05, 0.1) is 6.61 Å². The van der Waals surface area contributed by atoms with E-state index in [2.05, 4.69) is 9.97 Å². The minimum absolute atomic E-state index is 0.0200. The molecule has 0 atom stereocenters. The van der Waals surface area contributed by atoms with E-state index in [0.29, 0.717) is 12.2 Å². The Balaban J connectivity index is 2.66. The van der Waals surface area contributed by atoms with Crippen molar-refractivity contribution < 1.29 is 9.53 Å². The predicted octanol–water partition coefficient (Wildman–Crippen LogP) is 1.07. The summed E-state index contributed by atoms with van der Waals surface area (Å²) in [6, 6.07) is 1.86. The van der Waals surface area contributed by atoms with Crippen molar-refractivity contribution in [3.05, 3.63) is 22.4 Å². The quantitative estimate of drug-likeness (QED) is 0.782. The Morgan fingerprint density at radius 2 is 2.09 bits per heavy atom. The average molecular weight is 317 g/mol. The Morgan fingerprint density at radius 1 is 1.39 bits per heavy atom. The summed E-state index contributed by atoms with van der Waals surface area (Å²) in [5.74, 6) is -0.519. The number of fused-ring (bicyclic) bond motifs is 1. The molecule has 0 aromatic carbocycles. The number of rotatable bonds is 4. The maximum atomic E-state index is 12.5. The molecule has 2 heterocycles. The van der Waals surface area contributed by atoms with Gasteiger partial charge in [0.25, 0.3) is 5.56 Å². The summed E-state index contributed by atoms with van der Waals surface area (Å²) in [4.78, 5) is 32.3. The van der Waals surface area contributed by atoms with Gasteiger partial charge in [-0.2, -0.15) is 10.2 Å². The minimum Gasteiger partial charge on any atom is -0.465 e. The van der Waals surface area contributed by atoms with Crippen LogP contribution < -0.4 is 5.56 Å². The molecule has 0 aliphatic rings. The van der Waals surface area contributed by atoms with E-state index in [-0.39, 0.29) is 35.3 Å². The van der Waals surface area contributed by atoms with Gasteiger partial charge in [0.2, 0.25) is 5.82 Å². The second-order valence-corrected chi connectivity index (χ2v) is 6.33. The summed E-state index contributed by atoms with van der Waals surface area (Å²) in [6.07, 6.45) is 1.32. The molecule has 0 bridgehead atoms. The molecule has 23 heavy (non-hydrogen) atoms. The fraction of sp³-hybridized carbons (Fsp3) is 0.533. The number of esters is 1. The molecule has 0 N–H and O–H groups in total. The Hall–Kier alpha value is -2.69. The van der Waals surface area contributed by atoms with Crippen molar-refractivity contribution in [1.29, 1.82) is 5.26 Å². The Morgan fingerprint density at radius 3 is 2.65 bits per heavy atom. The molecule has 8 nitrogen and oxygen atoms in total. The molecule has 0 saturated carbocycles. The summed E-state index contributed by atoms with van der Waals surface area (Å²) in [7, 11) is 0. The minimum atomic E-state index is -0.499. The number of carbonyl (C=O) groups is 1. The number of nitrogens with zero attached hydrogens (tertiary/aromatic N) is 5. The van der Waals surface area contributed by atoms with E-state index in [0.717, 1.165) is 0 Å². The number of hydrogen-bond donors (Lipinski definition) is 0. The molecule has 122 valence electrons.